The highest BCUT2D eigenvalue weighted by Gasteiger charge is 2.49. The van der Waals surface area contributed by atoms with Gasteiger partial charge >= 0.3 is 0 Å². The first kappa shape index (κ1) is 17.0. The van der Waals surface area contributed by atoms with Crippen molar-refractivity contribution in [3.63, 3.8) is 0 Å². The zero-order chi connectivity index (χ0) is 13.9. The summed E-state index contributed by atoms with van der Waals surface area (Å²) in [5.41, 5.74) is 6.32. The minimum absolute atomic E-state index is 0. The topological polar surface area (TPSA) is 75.4 Å². The Morgan fingerprint density at radius 1 is 1.40 bits per heavy atom. The van der Waals surface area contributed by atoms with Crippen LogP contribution in [0.3, 0.4) is 0 Å². The first-order chi connectivity index (χ1) is 9.03. The summed E-state index contributed by atoms with van der Waals surface area (Å²) >= 11 is 0. The molecule has 2 unspecified atom stereocenters. The Kier molecular flexibility index (Phi) is 5.99. The van der Waals surface area contributed by atoms with Crippen LogP contribution >= 0.6 is 12.4 Å². The van der Waals surface area contributed by atoms with Crippen molar-refractivity contribution in [1.82, 2.24) is 5.32 Å². The lowest BCUT2D eigenvalue weighted by molar-refractivity contribution is -0.121. The molecule has 2 atom stereocenters. The molecule has 112 valence electrons. The van der Waals surface area contributed by atoms with E-state index in [1.54, 1.807) is 0 Å². The van der Waals surface area contributed by atoms with Gasteiger partial charge in [0, 0.05) is 24.4 Å². The van der Waals surface area contributed by atoms with Gasteiger partial charge in [-0.05, 0) is 25.3 Å². The van der Waals surface area contributed by atoms with Crippen LogP contribution in [-0.2, 0) is 4.79 Å². The molecule has 1 aliphatic carbocycles. The zero-order valence-electron chi connectivity index (χ0n) is 11.7. The Hall–Kier alpha value is -1.10. The van der Waals surface area contributed by atoms with E-state index in [2.05, 4.69) is 5.32 Å². The van der Waals surface area contributed by atoms with Crippen molar-refractivity contribution in [2.75, 3.05) is 6.54 Å². The maximum atomic E-state index is 11.6. The number of benzene rings is 1. The largest absolute Gasteiger partial charge is 0.388 e. The van der Waals surface area contributed by atoms with Gasteiger partial charge < -0.3 is 16.2 Å². The summed E-state index contributed by atoms with van der Waals surface area (Å²) in [5, 5.41) is 13.3. The molecule has 0 aromatic heterocycles. The lowest BCUT2D eigenvalue weighted by atomic mass is 9.92. The lowest BCUT2D eigenvalue weighted by Gasteiger charge is -2.23. The summed E-state index contributed by atoms with van der Waals surface area (Å²) in [6, 6.07) is 9.49. The summed E-state index contributed by atoms with van der Waals surface area (Å²) < 4.78 is 0. The van der Waals surface area contributed by atoms with Gasteiger partial charge in [-0.3, -0.25) is 4.79 Å². The number of carbonyl (C=O) groups is 1. The Labute approximate surface area is 126 Å². The molecule has 1 saturated carbocycles. The van der Waals surface area contributed by atoms with Crippen LogP contribution in [0.25, 0.3) is 0 Å². The fraction of sp³-hybridized carbons (Fsp3) is 0.533. The molecule has 1 amide bonds. The number of rotatable bonds is 6. The molecule has 1 aliphatic rings. The average molecular weight is 299 g/mol. The number of halogens is 1. The summed E-state index contributed by atoms with van der Waals surface area (Å²) in [6.07, 6.45) is 1.71. The average Bonchev–Trinajstić information content (AvgIpc) is 3.17. The van der Waals surface area contributed by atoms with E-state index in [0.29, 0.717) is 13.0 Å². The van der Waals surface area contributed by atoms with Gasteiger partial charge in [0.25, 0.3) is 0 Å². The van der Waals surface area contributed by atoms with Crippen molar-refractivity contribution in [3.05, 3.63) is 35.9 Å². The second-order valence-electron chi connectivity index (χ2n) is 5.63. The van der Waals surface area contributed by atoms with Crippen LogP contribution in [0.1, 0.15) is 37.9 Å². The predicted molar refractivity (Wildman–Crippen MR) is 81.6 cm³/mol. The summed E-state index contributed by atoms with van der Waals surface area (Å²) in [5.74, 6) is -0.0402. The first-order valence-electron chi connectivity index (χ1n) is 6.79. The molecule has 1 fully saturated rings. The second-order valence-corrected chi connectivity index (χ2v) is 5.63. The van der Waals surface area contributed by atoms with Crippen LogP contribution in [0.15, 0.2) is 30.3 Å². The molecule has 0 spiro atoms. The van der Waals surface area contributed by atoms with Crippen LogP contribution in [-0.4, -0.2) is 23.6 Å². The molecule has 5 heteroatoms. The number of amides is 1. The van der Waals surface area contributed by atoms with Gasteiger partial charge in [0.2, 0.25) is 5.91 Å². The molecule has 0 saturated heterocycles. The van der Waals surface area contributed by atoms with Crippen molar-refractivity contribution in [1.29, 1.82) is 0 Å². The van der Waals surface area contributed by atoms with E-state index in [0.717, 1.165) is 18.4 Å². The molecular weight excluding hydrogens is 276 g/mol. The van der Waals surface area contributed by atoms with Crippen molar-refractivity contribution in [2.24, 2.45) is 11.1 Å². The van der Waals surface area contributed by atoms with E-state index < -0.39 is 6.10 Å². The maximum Gasteiger partial charge on any atom is 0.221 e. The summed E-state index contributed by atoms with van der Waals surface area (Å²) in [4.78, 5) is 11.6. The number of aliphatic hydroxyl groups excluding tert-OH is 1. The standard InChI is InChI=1S/C15H22N2O2.ClH/c1-11(16)9-13(18)17-10-15(7-8-15)14(19)12-5-3-2-4-6-12;/h2-6,11,14,19H,7-10,16H2,1H3,(H,17,18);1H. The number of nitrogens with one attached hydrogen (secondary N) is 1. The summed E-state index contributed by atoms with van der Waals surface area (Å²) in [6.45, 7) is 2.33. The van der Waals surface area contributed by atoms with Gasteiger partial charge in [-0.1, -0.05) is 30.3 Å². The smallest absolute Gasteiger partial charge is 0.221 e. The van der Waals surface area contributed by atoms with E-state index >= 15 is 0 Å². The van der Waals surface area contributed by atoms with Crippen molar-refractivity contribution in [3.8, 4) is 0 Å². The van der Waals surface area contributed by atoms with Gasteiger partial charge in [0.05, 0.1) is 6.10 Å². The van der Waals surface area contributed by atoms with Crippen molar-refractivity contribution < 1.29 is 9.90 Å². The van der Waals surface area contributed by atoms with Crippen LogP contribution in [0.5, 0.6) is 0 Å². The molecule has 4 nitrogen and oxygen atoms in total. The highest BCUT2D eigenvalue weighted by Crippen LogP contribution is 2.54. The third-order valence-corrected chi connectivity index (χ3v) is 3.73. The molecular formula is C15H23ClN2O2. The van der Waals surface area contributed by atoms with Crippen LogP contribution < -0.4 is 11.1 Å². The monoisotopic (exact) mass is 298 g/mol. The molecule has 0 bridgehead atoms. The normalized spacial score (nSPS) is 18.6. The molecule has 0 heterocycles. The maximum absolute atomic E-state index is 11.6. The Balaban J connectivity index is 0.00000200. The van der Waals surface area contributed by atoms with E-state index in [4.69, 9.17) is 5.73 Å². The molecule has 0 radical (unpaired) electrons. The first-order valence-corrected chi connectivity index (χ1v) is 6.79. The van der Waals surface area contributed by atoms with Gasteiger partial charge in [-0.15, -0.1) is 12.4 Å². The molecule has 1 aromatic rings. The van der Waals surface area contributed by atoms with Gasteiger partial charge in [0.15, 0.2) is 0 Å². The Morgan fingerprint density at radius 3 is 2.50 bits per heavy atom. The van der Waals surface area contributed by atoms with Crippen LogP contribution in [0.2, 0.25) is 0 Å². The Bertz CT molecular complexity index is 433. The number of hydrogen-bond acceptors (Lipinski definition) is 3. The SMILES string of the molecule is CC(N)CC(=O)NCC1(C(O)c2ccccc2)CC1.Cl. The van der Waals surface area contributed by atoms with Gasteiger partial charge in [-0.2, -0.15) is 0 Å². The van der Waals surface area contributed by atoms with E-state index in [-0.39, 0.29) is 29.8 Å². The van der Waals surface area contributed by atoms with Crippen molar-refractivity contribution >= 4 is 18.3 Å². The van der Waals surface area contributed by atoms with Gasteiger partial charge in [-0.25, -0.2) is 0 Å². The minimum atomic E-state index is -0.510. The molecule has 1 aromatic carbocycles. The number of aliphatic hydroxyl groups is 1. The highest BCUT2D eigenvalue weighted by atomic mass is 35.5. The van der Waals surface area contributed by atoms with Crippen LogP contribution in [0.4, 0.5) is 0 Å². The second kappa shape index (κ2) is 7.07. The zero-order valence-corrected chi connectivity index (χ0v) is 12.5. The highest BCUT2D eigenvalue weighted by molar-refractivity contribution is 5.85. The third-order valence-electron chi connectivity index (χ3n) is 3.73. The van der Waals surface area contributed by atoms with E-state index in [1.807, 2.05) is 37.3 Å². The molecule has 0 aliphatic heterocycles. The van der Waals surface area contributed by atoms with Gasteiger partial charge in [0.1, 0.15) is 0 Å². The predicted octanol–water partition coefficient (Wildman–Crippen LogP) is 1.78. The van der Waals surface area contributed by atoms with E-state index in [1.165, 1.54) is 0 Å². The molecule has 20 heavy (non-hydrogen) atoms. The third kappa shape index (κ3) is 4.20. The van der Waals surface area contributed by atoms with Crippen molar-refractivity contribution in [2.45, 2.75) is 38.3 Å². The lowest BCUT2D eigenvalue weighted by Crippen LogP contribution is -2.36. The fourth-order valence-corrected chi connectivity index (χ4v) is 2.34. The summed E-state index contributed by atoms with van der Waals surface area (Å²) in [7, 11) is 0. The molecule has 4 N–H and O–H groups in total. The quantitative estimate of drug-likeness (QED) is 0.749. The minimum Gasteiger partial charge on any atom is -0.388 e. The van der Waals surface area contributed by atoms with Crippen LogP contribution in [0, 0.1) is 5.41 Å². The van der Waals surface area contributed by atoms with E-state index in [9.17, 15) is 9.90 Å². The number of hydrogen-bond donors (Lipinski definition) is 3. The number of carbonyl (C=O) groups excluding carboxylic acids is 1. The Morgan fingerprint density at radius 2 is 2.00 bits per heavy atom. The molecule has 2 rings (SSSR count). The number of nitrogens with two attached hydrogens (primary N) is 1. The fourth-order valence-electron chi connectivity index (χ4n) is 2.34.